The van der Waals surface area contributed by atoms with E-state index in [2.05, 4.69) is 0 Å². The van der Waals surface area contributed by atoms with E-state index in [4.69, 9.17) is 8.22 Å². The van der Waals surface area contributed by atoms with Crippen molar-refractivity contribution in [2.24, 2.45) is 7.05 Å². The molecule has 0 saturated heterocycles. The van der Waals surface area contributed by atoms with Crippen molar-refractivity contribution in [1.82, 2.24) is 0 Å². The molecule has 0 aliphatic rings. The predicted molar refractivity (Wildman–Crippen MR) is 86.0 cm³/mol. The van der Waals surface area contributed by atoms with Crippen LogP contribution in [-0.4, -0.2) is 0 Å². The van der Waals surface area contributed by atoms with Gasteiger partial charge in [0, 0.05) is 25.4 Å². The molecular formula is C19H26N+. The highest BCUT2D eigenvalue weighted by Gasteiger charge is 2.18. The second-order valence-electron chi connectivity index (χ2n) is 5.38. The zero-order valence-corrected chi connectivity index (χ0v) is 12.8. The van der Waals surface area contributed by atoms with Crippen molar-refractivity contribution >= 4 is 0 Å². The van der Waals surface area contributed by atoms with Crippen LogP contribution in [0.25, 0.3) is 11.3 Å². The quantitative estimate of drug-likeness (QED) is 0.727. The summed E-state index contributed by atoms with van der Waals surface area (Å²) in [5, 5.41) is 0. The molecule has 1 aromatic heterocycles. The third kappa shape index (κ3) is 2.77. The minimum Gasteiger partial charge on any atom is -0.201 e. The Bertz CT molecular complexity index is 826. The highest BCUT2D eigenvalue weighted by molar-refractivity contribution is 5.62. The summed E-state index contributed by atoms with van der Waals surface area (Å²) in [6.07, 6.45) is 0.169. The van der Waals surface area contributed by atoms with Crippen LogP contribution in [0.15, 0.2) is 30.5 Å². The van der Waals surface area contributed by atoms with Gasteiger partial charge in [-0.15, -0.1) is 0 Å². The maximum absolute atomic E-state index is 8.44. The number of hydrogen-bond donors (Lipinski definition) is 0. The molecule has 0 saturated carbocycles. The monoisotopic (exact) mass is 274 g/mol. The standard InChI is InChI=1S/C19H26N/c1-7-16-12-20(6)19(11-18(16)13(2)3)17-9-8-14(4)10-15(17)5/h8-13H,7H2,1-6H3/q+1/i4D3,7D2,13D. The second kappa shape index (κ2) is 5.78. The lowest BCUT2D eigenvalue weighted by Crippen LogP contribution is -2.32. The summed E-state index contributed by atoms with van der Waals surface area (Å²) >= 11 is 0. The fourth-order valence-corrected chi connectivity index (χ4v) is 2.48. The SMILES string of the molecule is [2H]C([2H])([2H])c1ccc(-c2cc(C([2H])(C)C)c(C([2H])([2H])C)c[n+]2C)c(C)c1. The Morgan fingerprint density at radius 2 is 2.10 bits per heavy atom. The number of rotatable bonds is 3. The first-order valence-corrected chi connectivity index (χ1v) is 6.78. The maximum atomic E-state index is 8.44. The molecule has 0 aliphatic carbocycles. The molecule has 20 heavy (non-hydrogen) atoms. The van der Waals surface area contributed by atoms with Gasteiger partial charge in [0.15, 0.2) is 6.20 Å². The largest absolute Gasteiger partial charge is 0.212 e. The minimum atomic E-state index is -2.15. The molecule has 0 unspecified atom stereocenters. The van der Waals surface area contributed by atoms with Gasteiger partial charge in [0.25, 0.3) is 0 Å². The first-order valence-electron chi connectivity index (χ1n) is 9.78. The molecule has 0 atom stereocenters. The molecule has 2 rings (SSSR count). The highest BCUT2D eigenvalue weighted by atomic mass is 14.9. The highest BCUT2D eigenvalue weighted by Crippen LogP contribution is 2.26. The van der Waals surface area contributed by atoms with Gasteiger partial charge in [0.1, 0.15) is 7.05 Å². The first-order chi connectivity index (χ1) is 11.6. The van der Waals surface area contributed by atoms with Crippen LogP contribution in [0.1, 0.15) is 57.1 Å². The third-order valence-corrected chi connectivity index (χ3v) is 3.58. The fourth-order valence-electron chi connectivity index (χ4n) is 2.48. The van der Waals surface area contributed by atoms with Gasteiger partial charge in [-0.2, -0.15) is 0 Å². The molecule has 106 valence electrons. The first kappa shape index (κ1) is 8.61. The van der Waals surface area contributed by atoms with Crippen LogP contribution in [0.5, 0.6) is 0 Å². The lowest BCUT2D eigenvalue weighted by atomic mass is 9.93. The van der Waals surface area contributed by atoms with E-state index in [9.17, 15) is 0 Å². The average molecular weight is 274 g/mol. The van der Waals surface area contributed by atoms with Crippen molar-refractivity contribution in [2.45, 2.75) is 46.8 Å². The van der Waals surface area contributed by atoms with Gasteiger partial charge < -0.3 is 0 Å². The van der Waals surface area contributed by atoms with Gasteiger partial charge in [-0.05, 0) is 43.2 Å². The fraction of sp³-hybridized carbons (Fsp3) is 0.421. The Morgan fingerprint density at radius 3 is 2.65 bits per heavy atom. The summed E-state index contributed by atoms with van der Waals surface area (Å²) in [5.41, 5.74) is 3.93. The van der Waals surface area contributed by atoms with Crippen LogP contribution in [0, 0.1) is 13.8 Å². The number of nitrogens with zero attached hydrogens (tertiary/aromatic N) is 1. The summed E-state index contributed by atoms with van der Waals surface area (Å²) in [4.78, 5) is 0. The van der Waals surface area contributed by atoms with E-state index < -0.39 is 19.1 Å². The average Bonchev–Trinajstić information content (AvgIpc) is 2.44. The summed E-state index contributed by atoms with van der Waals surface area (Å²) in [6, 6.07) is 6.91. The van der Waals surface area contributed by atoms with Gasteiger partial charge in [-0.25, -0.2) is 4.57 Å². The molecule has 0 radical (unpaired) electrons. The van der Waals surface area contributed by atoms with Gasteiger partial charge in [-0.3, -0.25) is 0 Å². The third-order valence-electron chi connectivity index (χ3n) is 3.58. The van der Waals surface area contributed by atoms with Crippen LogP contribution >= 0.6 is 0 Å². The molecule has 0 bridgehead atoms. The van der Waals surface area contributed by atoms with Crippen molar-refractivity contribution in [3.05, 3.63) is 52.7 Å². The topological polar surface area (TPSA) is 3.88 Å². The Labute approximate surface area is 131 Å². The molecule has 0 spiro atoms. The molecule has 1 nitrogen and oxygen atoms in total. The smallest absolute Gasteiger partial charge is 0.201 e. The molecule has 2 aromatic rings. The molecule has 1 aromatic carbocycles. The van der Waals surface area contributed by atoms with E-state index >= 15 is 0 Å². The van der Waals surface area contributed by atoms with Gasteiger partial charge in [-0.1, -0.05) is 38.5 Å². The normalized spacial score (nSPS) is 17.4. The van der Waals surface area contributed by atoms with Crippen LogP contribution in [-0.2, 0) is 13.4 Å². The molecule has 1 heteroatoms. The number of benzene rings is 1. The van der Waals surface area contributed by atoms with Crippen LogP contribution in [0.2, 0.25) is 0 Å². The Kier molecular flexibility index (Phi) is 2.49. The van der Waals surface area contributed by atoms with E-state index in [1.165, 1.54) is 6.92 Å². The van der Waals surface area contributed by atoms with Crippen molar-refractivity contribution in [3.63, 3.8) is 0 Å². The van der Waals surface area contributed by atoms with E-state index in [0.29, 0.717) is 16.7 Å². The Hall–Kier alpha value is -1.63. The number of aromatic nitrogens is 1. The van der Waals surface area contributed by atoms with Crippen molar-refractivity contribution < 1.29 is 12.8 Å². The minimum absolute atomic E-state index is 0.295. The summed E-state index contributed by atoms with van der Waals surface area (Å²) in [7, 11) is 1.84. The Morgan fingerprint density at radius 1 is 1.35 bits per heavy atom. The van der Waals surface area contributed by atoms with Crippen molar-refractivity contribution in [2.75, 3.05) is 0 Å². The maximum Gasteiger partial charge on any atom is 0.212 e. The van der Waals surface area contributed by atoms with Crippen molar-refractivity contribution in [1.29, 1.82) is 0 Å². The lowest BCUT2D eigenvalue weighted by Gasteiger charge is -2.13. The number of aryl methyl sites for hydroxylation is 4. The number of hydrogen-bond acceptors (Lipinski definition) is 0. The van der Waals surface area contributed by atoms with E-state index in [1.807, 2.05) is 24.6 Å². The molecule has 0 aliphatic heterocycles. The predicted octanol–water partition coefficient (Wildman–Crippen LogP) is 4.48. The summed E-state index contributed by atoms with van der Waals surface area (Å²) in [6.45, 7) is 4.69. The molecular weight excluding hydrogens is 242 g/mol. The second-order valence-corrected chi connectivity index (χ2v) is 5.38. The van der Waals surface area contributed by atoms with E-state index in [-0.39, 0.29) is 0 Å². The number of pyridine rings is 1. The van der Waals surface area contributed by atoms with Crippen LogP contribution < -0.4 is 4.57 Å². The van der Waals surface area contributed by atoms with Gasteiger partial charge in [0.05, 0.1) is 0 Å². The van der Waals surface area contributed by atoms with E-state index in [0.717, 1.165) is 16.8 Å². The van der Waals surface area contributed by atoms with Gasteiger partial charge in [0.2, 0.25) is 5.69 Å². The molecule has 0 fully saturated rings. The zero-order chi connectivity index (χ0) is 20.1. The zero-order valence-electron chi connectivity index (χ0n) is 18.8. The van der Waals surface area contributed by atoms with E-state index in [1.54, 1.807) is 38.2 Å². The Balaban J connectivity index is 2.72. The molecule has 0 N–H and O–H groups in total. The van der Waals surface area contributed by atoms with Crippen LogP contribution in [0.3, 0.4) is 0 Å². The van der Waals surface area contributed by atoms with Crippen LogP contribution in [0.4, 0.5) is 0 Å². The summed E-state index contributed by atoms with van der Waals surface area (Å²) in [5.74, 6) is -0.964. The van der Waals surface area contributed by atoms with Gasteiger partial charge >= 0.3 is 0 Å². The van der Waals surface area contributed by atoms with Crippen molar-refractivity contribution in [3.8, 4) is 11.3 Å². The molecule has 0 amide bonds. The molecule has 1 heterocycles. The lowest BCUT2D eigenvalue weighted by molar-refractivity contribution is -0.660. The summed E-state index contributed by atoms with van der Waals surface area (Å²) < 4.78 is 49.2.